The number of carbonyl (C=O) groups is 1. The van der Waals surface area contributed by atoms with Crippen molar-refractivity contribution in [3.05, 3.63) is 48.2 Å². The summed E-state index contributed by atoms with van der Waals surface area (Å²) in [5.74, 6) is 1.46. The second kappa shape index (κ2) is 9.00. The van der Waals surface area contributed by atoms with E-state index in [0.717, 1.165) is 17.7 Å². The SMILES string of the molecule is COc1ccccc1CC(C)CC(=O)Nc1ccc(N)nc1.Cl. The van der Waals surface area contributed by atoms with Gasteiger partial charge in [0.05, 0.1) is 19.0 Å². The number of hydrogen-bond donors (Lipinski definition) is 2. The number of nitrogen functional groups attached to an aromatic ring is 1. The Morgan fingerprint density at radius 3 is 2.70 bits per heavy atom. The van der Waals surface area contributed by atoms with E-state index < -0.39 is 0 Å². The maximum Gasteiger partial charge on any atom is 0.224 e. The number of pyridine rings is 1. The van der Waals surface area contributed by atoms with E-state index in [2.05, 4.69) is 10.3 Å². The van der Waals surface area contributed by atoms with Crippen LogP contribution in [0.25, 0.3) is 0 Å². The Bertz CT molecular complexity index is 632. The molecule has 0 saturated carbocycles. The van der Waals surface area contributed by atoms with Gasteiger partial charge in [0.1, 0.15) is 11.6 Å². The summed E-state index contributed by atoms with van der Waals surface area (Å²) in [6.45, 7) is 2.05. The predicted molar refractivity (Wildman–Crippen MR) is 95.0 cm³/mol. The van der Waals surface area contributed by atoms with Crippen molar-refractivity contribution in [1.29, 1.82) is 0 Å². The van der Waals surface area contributed by atoms with Gasteiger partial charge in [-0.25, -0.2) is 4.98 Å². The second-order valence-electron chi connectivity index (χ2n) is 5.35. The lowest BCUT2D eigenvalue weighted by molar-refractivity contribution is -0.116. The Labute approximate surface area is 142 Å². The summed E-state index contributed by atoms with van der Waals surface area (Å²) in [4.78, 5) is 16.0. The van der Waals surface area contributed by atoms with Gasteiger partial charge < -0.3 is 15.8 Å². The van der Waals surface area contributed by atoms with Crippen molar-refractivity contribution in [1.82, 2.24) is 4.98 Å². The predicted octanol–water partition coefficient (Wildman–Crippen LogP) is 3.30. The first-order valence-corrected chi connectivity index (χ1v) is 7.21. The summed E-state index contributed by atoms with van der Waals surface area (Å²) >= 11 is 0. The monoisotopic (exact) mass is 335 g/mol. The molecule has 2 rings (SSSR count). The lowest BCUT2D eigenvalue weighted by Crippen LogP contribution is -2.16. The van der Waals surface area contributed by atoms with E-state index in [-0.39, 0.29) is 24.2 Å². The molecular formula is C17H22ClN3O2. The van der Waals surface area contributed by atoms with E-state index in [1.165, 1.54) is 0 Å². The normalized spacial score (nSPS) is 11.2. The van der Waals surface area contributed by atoms with E-state index in [1.54, 1.807) is 25.4 Å². The van der Waals surface area contributed by atoms with Crippen molar-refractivity contribution in [3.8, 4) is 5.75 Å². The average Bonchev–Trinajstić information content (AvgIpc) is 2.50. The topological polar surface area (TPSA) is 77.2 Å². The molecule has 1 amide bonds. The number of amides is 1. The minimum absolute atomic E-state index is 0. The zero-order valence-corrected chi connectivity index (χ0v) is 14.1. The molecule has 124 valence electrons. The molecule has 6 heteroatoms. The number of methoxy groups -OCH3 is 1. The van der Waals surface area contributed by atoms with Crippen LogP contribution in [0.5, 0.6) is 5.75 Å². The molecular weight excluding hydrogens is 314 g/mol. The standard InChI is InChI=1S/C17H21N3O2.ClH/c1-12(9-13-5-3-4-6-15(13)22-2)10-17(21)20-14-7-8-16(18)19-11-14;/h3-8,11-12H,9-10H2,1-2H3,(H2,18,19)(H,20,21);1H. The number of nitrogens with one attached hydrogen (secondary N) is 1. The molecule has 1 aromatic carbocycles. The van der Waals surface area contributed by atoms with Crippen LogP contribution in [0.4, 0.5) is 11.5 Å². The number of carbonyl (C=O) groups excluding carboxylic acids is 1. The molecule has 0 fully saturated rings. The Balaban J connectivity index is 0.00000264. The van der Waals surface area contributed by atoms with Crippen molar-refractivity contribution in [2.45, 2.75) is 19.8 Å². The lowest BCUT2D eigenvalue weighted by Gasteiger charge is -2.14. The minimum atomic E-state index is -0.0334. The van der Waals surface area contributed by atoms with E-state index >= 15 is 0 Å². The fourth-order valence-electron chi connectivity index (χ4n) is 2.33. The molecule has 1 atom stereocenters. The van der Waals surface area contributed by atoms with Gasteiger partial charge in [-0.3, -0.25) is 4.79 Å². The zero-order chi connectivity index (χ0) is 15.9. The highest BCUT2D eigenvalue weighted by atomic mass is 35.5. The number of hydrogen-bond acceptors (Lipinski definition) is 4. The highest BCUT2D eigenvalue weighted by Crippen LogP contribution is 2.22. The molecule has 0 aliphatic rings. The van der Waals surface area contributed by atoms with Crippen LogP contribution in [-0.2, 0) is 11.2 Å². The second-order valence-corrected chi connectivity index (χ2v) is 5.35. The molecule has 0 aliphatic carbocycles. The Morgan fingerprint density at radius 2 is 2.04 bits per heavy atom. The first-order valence-electron chi connectivity index (χ1n) is 7.21. The summed E-state index contributed by atoms with van der Waals surface area (Å²) in [6, 6.07) is 11.3. The van der Waals surface area contributed by atoms with Gasteiger partial charge in [-0.1, -0.05) is 25.1 Å². The number of anilines is 2. The van der Waals surface area contributed by atoms with Crippen molar-refractivity contribution < 1.29 is 9.53 Å². The number of aromatic nitrogens is 1. The van der Waals surface area contributed by atoms with E-state index in [0.29, 0.717) is 17.9 Å². The van der Waals surface area contributed by atoms with Crippen molar-refractivity contribution in [3.63, 3.8) is 0 Å². The van der Waals surface area contributed by atoms with Gasteiger partial charge in [-0.15, -0.1) is 12.4 Å². The van der Waals surface area contributed by atoms with Crippen LogP contribution >= 0.6 is 12.4 Å². The van der Waals surface area contributed by atoms with Crippen LogP contribution in [0, 0.1) is 5.92 Å². The molecule has 1 aromatic heterocycles. The number of rotatable bonds is 6. The molecule has 5 nitrogen and oxygen atoms in total. The molecule has 2 aromatic rings. The Morgan fingerprint density at radius 1 is 1.30 bits per heavy atom. The lowest BCUT2D eigenvalue weighted by atomic mass is 9.97. The molecule has 0 bridgehead atoms. The molecule has 0 spiro atoms. The molecule has 3 N–H and O–H groups in total. The minimum Gasteiger partial charge on any atom is -0.496 e. The molecule has 0 saturated heterocycles. The van der Waals surface area contributed by atoms with E-state index in [1.807, 2.05) is 31.2 Å². The van der Waals surface area contributed by atoms with E-state index in [4.69, 9.17) is 10.5 Å². The molecule has 1 heterocycles. The number of para-hydroxylation sites is 1. The largest absolute Gasteiger partial charge is 0.496 e. The third-order valence-electron chi connectivity index (χ3n) is 3.36. The van der Waals surface area contributed by atoms with Crippen LogP contribution in [0.2, 0.25) is 0 Å². The maximum atomic E-state index is 12.1. The summed E-state index contributed by atoms with van der Waals surface area (Å²) in [6.07, 6.45) is 2.78. The smallest absolute Gasteiger partial charge is 0.224 e. The summed E-state index contributed by atoms with van der Waals surface area (Å²) in [5.41, 5.74) is 7.28. The molecule has 0 radical (unpaired) electrons. The Hall–Kier alpha value is -2.27. The number of halogens is 1. The van der Waals surface area contributed by atoms with Crippen LogP contribution in [0.1, 0.15) is 18.9 Å². The number of benzene rings is 1. The van der Waals surface area contributed by atoms with Gasteiger partial charge in [-0.2, -0.15) is 0 Å². The van der Waals surface area contributed by atoms with Crippen LogP contribution in [0.3, 0.4) is 0 Å². The van der Waals surface area contributed by atoms with E-state index in [9.17, 15) is 4.79 Å². The molecule has 23 heavy (non-hydrogen) atoms. The van der Waals surface area contributed by atoms with Gasteiger partial charge >= 0.3 is 0 Å². The fourth-order valence-corrected chi connectivity index (χ4v) is 2.33. The number of nitrogens with zero attached hydrogens (tertiary/aromatic N) is 1. The third-order valence-corrected chi connectivity index (χ3v) is 3.36. The summed E-state index contributed by atoms with van der Waals surface area (Å²) < 4.78 is 5.34. The van der Waals surface area contributed by atoms with Crippen molar-refractivity contribution in [2.75, 3.05) is 18.2 Å². The van der Waals surface area contributed by atoms with Crippen LogP contribution in [-0.4, -0.2) is 18.0 Å². The van der Waals surface area contributed by atoms with Gasteiger partial charge in [-0.05, 0) is 36.1 Å². The van der Waals surface area contributed by atoms with Crippen molar-refractivity contribution >= 4 is 29.8 Å². The van der Waals surface area contributed by atoms with Gasteiger partial charge in [0.25, 0.3) is 0 Å². The van der Waals surface area contributed by atoms with Crippen LogP contribution < -0.4 is 15.8 Å². The first kappa shape index (κ1) is 18.8. The highest BCUT2D eigenvalue weighted by molar-refractivity contribution is 5.90. The van der Waals surface area contributed by atoms with Gasteiger partial charge in [0, 0.05) is 6.42 Å². The number of nitrogens with two attached hydrogens (primary N) is 1. The van der Waals surface area contributed by atoms with Crippen LogP contribution in [0.15, 0.2) is 42.6 Å². The summed E-state index contributed by atoms with van der Waals surface area (Å²) in [5, 5.41) is 2.83. The first-order chi connectivity index (χ1) is 10.6. The molecule has 0 aliphatic heterocycles. The Kier molecular flexibility index (Phi) is 7.35. The fraction of sp³-hybridized carbons (Fsp3) is 0.294. The summed E-state index contributed by atoms with van der Waals surface area (Å²) in [7, 11) is 1.66. The average molecular weight is 336 g/mol. The van der Waals surface area contributed by atoms with Crippen molar-refractivity contribution in [2.24, 2.45) is 5.92 Å². The third kappa shape index (κ3) is 5.79. The van der Waals surface area contributed by atoms with Gasteiger partial charge in [0.2, 0.25) is 5.91 Å². The number of ether oxygens (including phenoxy) is 1. The highest BCUT2D eigenvalue weighted by Gasteiger charge is 2.12. The molecule has 1 unspecified atom stereocenters. The zero-order valence-electron chi connectivity index (χ0n) is 13.3. The maximum absolute atomic E-state index is 12.1. The van der Waals surface area contributed by atoms with Gasteiger partial charge in [0.15, 0.2) is 0 Å². The quantitative estimate of drug-likeness (QED) is 0.849.